The van der Waals surface area contributed by atoms with Crippen molar-refractivity contribution in [3.05, 3.63) is 66.9 Å². The normalized spacial score (nSPS) is 11.8. The molecule has 0 spiro atoms. The SMILES string of the molecule is NC(N)=NC(N)=Nc1ccc(S(=O)(=O)Nc2ccnn2-c2ccccc2)cc1. The van der Waals surface area contributed by atoms with E-state index < -0.39 is 10.0 Å². The Morgan fingerprint density at radius 3 is 2.29 bits per heavy atom. The lowest BCUT2D eigenvalue weighted by molar-refractivity contribution is 0.600. The Bertz CT molecular complexity index is 1120. The quantitative estimate of drug-likeness (QED) is 0.368. The number of nitrogens with zero attached hydrogens (tertiary/aromatic N) is 4. The van der Waals surface area contributed by atoms with Crippen LogP contribution >= 0.6 is 0 Å². The standard InChI is InChI=1S/C17H18N8O2S/c18-16(19)23-17(20)22-12-6-8-14(9-7-12)28(26,27)24-15-10-11-21-25(15)13-4-2-1-3-5-13/h1-11,24H,(H6,18,19,20,22,23). The molecule has 144 valence electrons. The summed E-state index contributed by atoms with van der Waals surface area (Å²) >= 11 is 0. The van der Waals surface area contributed by atoms with Crippen molar-refractivity contribution in [3.8, 4) is 5.69 Å². The van der Waals surface area contributed by atoms with Crippen LogP contribution in [0.25, 0.3) is 5.69 Å². The van der Waals surface area contributed by atoms with Gasteiger partial charge >= 0.3 is 0 Å². The number of aromatic nitrogens is 2. The van der Waals surface area contributed by atoms with Gasteiger partial charge in [-0.25, -0.2) is 18.1 Å². The predicted octanol–water partition coefficient (Wildman–Crippen LogP) is 0.893. The first-order chi connectivity index (χ1) is 13.3. The number of anilines is 1. The summed E-state index contributed by atoms with van der Waals surface area (Å²) in [6, 6.07) is 16.5. The fourth-order valence-corrected chi connectivity index (χ4v) is 3.38. The number of nitrogens with two attached hydrogens (primary N) is 3. The van der Waals surface area contributed by atoms with Crippen molar-refractivity contribution in [1.29, 1.82) is 0 Å². The lowest BCUT2D eigenvalue weighted by Gasteiger charge is -2.10. The zero-order chi connectivity index (χ0) is 20.1. The largest absolute Gasteiger partial charge is 0.370 e. The fraction of sp³-hybridized carbons (Fsp3) is 0. The van der Waals surface area contributed by atoms with Crippen LogP contribution in [0.5, 0.6) is 0 Å². The van der Waals surface area contributed by atoms with Gasteiger partial charge in [-0.2, -0.15) is 10.1 Å². The maximum absolute atomic E-state index is 12.7. The molecule has 0 bridgehead atoms. The summed E-state index contributed by atoms with van der Waals surface area (Å²) in [6.07, 6.45) is 1.51. The molecular weight excluding hydrogens is 380 g/mol. The van der Waals surface area contributed by atoms with E-state index in [2.05, 4.69) is 19.8 Å². The van der Waals surface area contributed by atoms with E-state index >= 15 is 0 Å². The van der Waals surface area contributed by atoms with Crippen LogP contribution in [-0.2, 0) is 10.0 Å². The third kappa shape index (κ3) is 4.45. The van der Waals surface area contributed by atoms with Gasteiger partial charge < -0.3 is 17.2 Å². The molecule has 0 radical (unpaired) electrons. The smallest absolute Gasteiger partial charge is 0.263 e. The Morgan fingerprint density at radius 1 is 0.964 bits per heavy atom. The number of guanidine groups is 2. The molecule has 1 aromatic heterocycles. The van der Waals surface area contributed by atoms with E-state index in [4.69, 9.17) is 17.2 Å². The van der Waals surface area contributed by atoms with E-state index in [1.807, 2.05) is 30.3 Å². The number of nitrogens with one attached hydrogen (secondary N) is 1. The monoisotopic (exact) mass is 398 g/mol. The molecule has 0 atom stereocenters. The molecule has 10 nitrogen and oxygen atoms in total. The lowest BCUT2D eigenvalue weighted by Crippen LogP contribution is -2.26. The minimum absolute atomic E-state index is 0.0488. The van der Waals surface area contributed by atoms with Gasteiger partial charge in [-0.1, -0.05) is 18.2 Å². The van der Waals surface area contributed by atoms with Gasteiger partial charge in [-0.3, -0.25) is 4.72 Å². The first kappa shape index (κ1) is 18.9. The van der Waals surface area contributed by atoms with Crippen LogP contribution in [-0.4, -0.2) is 30.1 Å². The molecule has 0 amide bonds. The number of benzene rings is 2. The molecule has 0 aliphatic rings. The number of aliphatic imine (C=N–C) groups is 2. The van der Waals surface area contributed by atoms with Crippen molar-refractivity contribution in [2.75, 3.05) is 4.72 Å². The summed E-state index contributed by atoms with van der Waals surface area (Å²) in [5.41, 5.74) is 17.1. The van der Waals surface area contributed by atoms with Gasteiger partial charge in [0.2, 0.25) is 5.96 Å². The molecule has 1 heterocycles. The first-order valence-corrected chi connectivity index (χ1v) is 9.49. The molecular formula is C17H18N8O2S. The molecule has 3 rings (SSSR count). The highest BCUT2D eigenvalue weighted by atomic mass is 32.2. The molecule has 11 heteroatoms. The molecule has 28 heavy (non-hydrogen) atoms. The number of sulfonamides is 1. The summed E-state index contributed by atoms with van der Waals surface area (Å²) in [5, 5.41) is 4.16. The van der Waals surface area contributed by atoms with Crippen LogP contribution in [0.4, 0.5) is 11.5 Å². The average Bonchev–Trinajstić information content (AvgIpc) is 3.09. The average molecular weight is 398 g/mol. The second-order valence-electron chi connectivity index (χ2n) is 5.57. The van der Waals surface area contributed by atoms with E-state index in [0.717, 1.165) is 5.69 Å². The third-order valence-electron chi connectivity index (χ3n) is 3.52. The van der Waals surface area contributed by atoms with Gasteiger partial charge in [0.25, 0.3) is 10.0 Å². The van der Waals surface area contributed by atoms with E-state index in [1.165, 1.54) is 35.1 Å². The van der Waals surface area contributed by atoms with E-state index in [9.17, 15) is 8.42 Å². The van der Waals surface area contributed by atoms with E-state index in [0.29, 0.717) is 11.5 Å². The summed E-state index contributed by atoms with van der Waals surface area (Å²) < 4.78 is 29.4. The summed E-state index contributed by atoms with van der Waals surface area (Å²) in [4.78, 5) is 7.61. The summed E-state index contributed by atoms with van der Waals surface area (Å²) in [5.74, 6) is -0.0505. The lowest BCUT2D eigenvalue weighted by atomic mass is 10.3. The molecule has 2 aromatic carbocycles. The third-order valence-corrected chi connectivity index (χ3v) is 4.89. The van der Waals surface area contributed by atoms with Crippen LogP contribution < -0.4 is 21.9 Å². The second-order valence-corrected chi connectivity index (χ2v) is 7.25. The van der Waals surface area contributed by atoms with Gasteiger partial charge in [-0.15, -0.1) is 0 Å². The maximum atomic E-state index is 12.7. The Balaban J connectivity index is 1.83. The second kappa shape index (κ2) is 7.80. The minimum Gasteiger partial charge on any atom is -0.370 e. The summed E-state index contributed by atoms with van der Waals surface area (Å²) in [6.45, 7) is 0. The highest BCUT2D eigenvalue weighted by Crippen LogP contribution is 2.21. The first-order valence-electron chi connectivity index (χ1n) is 8.01. The molecule has 0 saturated carbocycles. The van der Waals surface area contributed by atoms with Crippen LogP contribution in [0.3, 0.4) is 0 Å². The van der Waals surface area contributed by atoms with Gasteiger partial charge in [-0.05, 0) is 36.4 Å². The zero-order valence-corrected chi connectivity index (χ0v) is 15.4. The van der Waals surface area contributed by atoms with Crippen LogP contribution in [0.15, 0.2) is 81.7 Å². The molecule has 0 fully saturated rings. The summed E-state index contributed by atoms with van der Waals surface area (Å²) in [7, 11) is -3.84. The Hall–Kier alpha value is -3.86. The molecule has 0 aliphatic heterocycles. The Morgan fingerprint density at radius 2 is 1.64 bits per heavy atom. The van der Waals surface area contributed by atoms with Crippen molar-refractivity contribution in [2.45, 2.75) is 4.90 Å². The molecule has 0 saturated heterocycles. The topological polar surface area (TPSA) is 167 Å². The highest BCUT2D eigenvalue weighted by Gasteiger charge is 2.17. The van der Waals surface area contributed by atoms with Crippen LogP contribution in [0.2, 0.25) is 0 Å². The number of rotatable bonds is 5. The van der Waals surface area contributed by atoms with Gasteiger partial charge in [0.15, 0.2) is 5.96 Å². The van der Waals surface area contributed by atoms with Crippen LogP contribution in [0.1, 0.15) is 0 Å². The Labute approximate surface area is 161 Å². The maximum Gasteiger partial charge on any atom is 0.263 e. The fourth-order valence-electron chi connectivity index (χ4n) is 2.34. The molecule has 7 N–H and O–H groups in total. The van der Waals surface area contributed by atoms with E-state index in [-0.39, 0.29) is 16.8 Å². The number of para-hydroxylation sites is 1. The minimum atomic E-state index is -3.84. The predicted molar refractivity (Wildman–Crippen MR) is 108 cm³/mol. The molecule has 3 aromatic rings. The Kier molecular flexibility index (Phi) is 5.27. The van der Waals surface area contributed by atoms with Crippen molar-refractivity contribution in [3.63, 3.8) is 0 Å². The molecule has 0 aliphatic carbocycles. The van der Waals surface area contributed by atoms with Crippen molar-refractivity contribution in [1.82, 2.24) is 9.78 Å². The van der Waals surface area contributed by atoms with Gasteiger partial charge in [0, 0.05) is 6.07 Å². The van der Waals surface area contributed by atoms with E-state index in [1.54, 1.807) is 6.07 Å². The van der Waals surface area contributed by atoms with Crippen LogP contribution in [0, 0.1) is 0 Å². The van der Waals surface area contributed by atoms with Crippen molar-refractivity contribution < 1.29 is 8.42 Å². The van der Waals surface area contributed by atoms with Gasteiger partial charge in [0.05, 0.1) is 22.5 Å². The number of hydrogen-bond acceptors (Lipinski definition) is 4. The highest BCUT2D eigenvalue weighted by molar-refractivity contribution is 7.92. The van der Waals surface area contributed by atoms with Crippen molar-refractivity contribution >= 4 is 33.4 Å². The number of hydrogen-bond donors (Lipinski definition) is 4. The molecule has 0 unspecified atom stereocenters. The van der Waals surface area contributed by atoms with Crippen molar-refractivity contribution in [2.24, 2.45) is 27.2 Å². The zero-order valence-electron chi connectivity index (χ0n) is 14.6. The van der Waals surface area contributed by atoms with Gasteiger partial charge in [0.1, 0.15) is 5.82 Å².